The third-order valence-electron chi connectivity index (χ3n) is 2.40. The largest absolute Gasteiger partial charge is 0.637 e. The third kappa shape index (κ3) is 5.48. The van der Waals surface area contributed by atoms with Crippen molar-refractivity contribution in [1.29, 1.82) is 0 Å². The molecule has 114 valence electrons. The van der Waals surface area contributed by atoms with Crippen molar-refractivity contribution < 1.29 is 18.1 Å². The lowest BCUT2D eigenvalue weighted by molar-refractivity contribution is 0.0282. The van der Waals surface area contributed by atoms with Crippen LogP contribution in [0.25, 0.3) is 0 Å². The topological polar surface area (TPSA) is 60.0 Å². The summed E-state index contributed by atoms with van der Waals surface area (Å²) in [5, 5.41) is 2.85. The van der Waals surface area contributed by atoms with Crippen molar-refractivity contribution in [3.63, 3.8) is 0 Å². The van der Waals surface area contributed by atoms with Gasteiger partial charge in [-0.1, -0.05) is 6.92 Å². The van der Waals surface area contributed by atoms with Gasteiger partial charge in [0.15, 0.2) is 0 Å². The Morgan fingerprint density at radius 3 is 1.79 bits per heavy atom. The van der Waals surface area contributed by atoms with Gasteiger partial charge in [0.25, 0.3) is 0 Å². The van der Waals surface area contributed by atoms with E-state index in [4.69, 9.17) is 13.3 Å². The van der Waals surface area contributed by atoms with Crippen LogP contribution in [0.5, 0.6) is 0 Å². The maximum absolute atomic E-state index is 12.2. The average Bonchev–Trinajstić information content (AvgIpc) is 2.38. The summed E-state index contributed by atoms with van der Waals surface area (Å²) in [5.41, 5.74) is 0. The molecule has 0 bridgehead atoms. The Bertz CT molecular complexity index is 237. The molecule has 0 saturated heterocycles. The summed E-state index contributed by atoms with van der Waals surface area (Å²) in [6, 6.07) is -0.189. The van der Waals surface area contributed by atoms with Crippen LogP contribution in [-0.2, 0) is 13.3 Å². The van der Waals surface area contributed by atoms with Gasteiger partial charge in [-0.05, 0) is 34.1 Å². The number of hydrogen-bond donors (Lipinski definition) is 1. The van der Waals surface area contributed by atoms with Crippen LogP contribution in [0.2, 0.25) is 0 Å². The van der Waals surface area contributed by atoms with Gasteiger partial charge in [-0.15, -0.1) is 0 Å². The minimum atomic E-state index is -3.12. The number of rotatable bonds is 10. The molecule has 0 atom stereocenters. The van der Waals surface area contributed by atoms with Gasteiger partial charge in [0.05, 0.1) is 0 Å². The molecule has 0 heterocycles. The highest BCUT2D eigenvalue weighted by Crippen LogP contribution is 2.16. The molecule has 0 aromatic rings. The molecule has 0 unspecified atom stereocenters. The van der Waals surface area contributed by atoms with Gasteiger partial charge < -0.3 is 18.6 Å². The van der Waals surface area contributed by atoms with Gasteiger partial charge in [0.2, 0.25) is 0 Å². The van der Waals surface area contributed by atoms with Gasteiger partial charge in [0, 0.05) is 32.9 Å². The average molecular weight is 292 g/mol. The molecule has 0 aliphatic heterocycles. The van der Waals surface area contributed by atoms with Gasteiger partial charge in [-0.3, -0.25) is 4.57 Å². The van der Waals surface area contributed by atoms with E-state index < -0.39 is 8.97 Å². The molecule has 0 aromatic carbocycles. The molecule has 1 N–H and O–H groups in total. The maximum Gasteiger partial charge on any atom is 0.637 e. The molecule has 6 nitrogen and oxygen atoms in total. The zero-order chi connectivity index (χ0) is 14.7. The Labute approximate surface area is 117 Å². The fraction of sp³-hybridized carbons (Fsp3) is 0.917. The summed E-state index contributed by atoms with van der Waals surface area (Å²) in [6.45, 7) is 12.0. The standard InChI is InChI=1S/C12H28N2O4Si/c1-6-11-13-12(15)14(7-2)19(16-8-3,17-9-4)18-10-5/h6-11H2,1-5H3,(H,13,15). The van der Waals surface area contributed by atoms with Gasteiger partial charge in [-0.2, -0.15) is 0 Å². The molecular formula is C12H28N2O4Si. The van der Waals surface area contributed by atoms with Crippen molar-refractivity contribution in [3.8, 4) is 0 Å². The number of nitrogens with zero attached hydrogens (tertiary/aromatic N) is 1. The first kappa shape index (κ1) is 18.4. The summed E-state index contributed by atoms with van der Waals surface area (Å²) in [4.78, 5) is 12.2. The van der Waals surface area contributed by atoms with E-state index in [1.54, 1.807) is 4.57 Å². The molecule has 2 amide bonds. The second-order valence-electron chi connectivity index (χ2n) is 3.80. The highest BCUT2D eigenvalue weighted by Gasteiger charge is 2.51. The van der Waals surface area contributed by atoms with E-state index in [1.165, 1.54) is 0 Å². The predicted octanol–water partition coefficient (Wildman–Crippen LogP) is 1.97. The van der Waals surface area contributed by atoms with Crippen molar-refractivity contribution in [2.24, 2.45) is 0 Å². The van der Waals surface area contributed by atoms with Crippen LogP contribution in [0.4, 0.5) is 4.79 Å². The lowest BCUT2D eigenvalue weighted by atomic mass is 10.5. The highest BCUT2D eigenvalue weighted by molar-refractivity contribution is 6.60. The van der Waals surface area contributed by atoms with E-state index >= 15 is 0 Å². The number of urea groups is 1. The molecule has 0 aliphatic carbocycles. The van der Waals surface area contributed by atoms with Crippen molar-refractivity contribution in [2.75, 3.05) is 32.9 Å². The Morgan fingerprint density at radius 1 is 1.00 bits per heavy atom. The number of carbonyl (C=O) groups is 1. The van der Waals surface area contributed by atoms with Crippen LogP contribution in [0.1, 0.15) is 41.0 Å². The summed E-state index contributed by atoms with van der Waals surface area (Å²) in [5.74, 6) is 0. The van der Waals surface area contributed by atoms with E-state index in [-0.39, 0.29) is 6.03 Å². The predicted molar refractivity (Wildman–Crippen MR) is 76.7 cm³/mol. The molecular weight excluding hydrogens is 264 g/mol. The number of carbonyl (C=O) groups excluding carboxylic acids is 1. The molecule has 0 rings (SSSR count). The second-order valence-corrected chi connectivity index (χ2v) is 6.25. The number of amides is 2. The lowest BCUT2D eigenvalue weighted by Crippen LogP contribution is -2.65. The highest BCUT2D eigenvalue weighted by atomic mass is 28.4. The van der Waals surface area contributed by atoms with Crippen LogP contribution < -0.4 is 5.32 Å². The zero-order valence-electron chi connectivity index (χ0n) is 12.8. The Balaban J connectivity index is 5.06. The quantitative estimate of drug-likeness (QED) is 0.625. The SMILES string of the molecule is CCCNC(=O)N(CC)[Si](OCC)(OCC)OCC. The summed E-state index contributed by atoms with van der Waals surface area (Å²) in [7, 11) is -3.12. The van der Waals surface area contributed by atoms with E-state index in [2.05, 4.69) is 5.32 Å². The van der Waals surface area contributed by atoms with Crippen molar-refractivity contribution in [1.82, 2.24) is 9.88 Å². The first-order valence-corrected chi connectivity index (χ1v) is 8.76. The Kier molecular flexibility index (Phi) is 9.85. The van der Waals surface area contributed by atoms with Gasteiger partial charge in [-0.25, -0.2) is 4.79 Å². The van der Waals surface area contributed by atoms with Crippen molar-refractivity contribution >= 4 is 15.0 Å². The van der Waals surface area contributed by atoms with Crippen LogP contribution in [0.15, 0.2) is 0 Å². The van der Waals surface area contributed by atoms with Crippen LogP contribution in [0, 0.1) is 0 Å². The number of nitrogens with one attached hydrogen (secondary N) is 1. The smallest absolute Gasteiger partial charge is 0.357 e. The van der Waals surface area contributed by atoms with Crippen LogP contribution >= 0.6 is 0 Å². The molecule has 7 heteroatoms. The fourth-order valence-corrected chi connectivity index (χ4v) is 4.22. The first-order chi connectivity index (χ1) is 9.11. The normalized spacial score (nSPS) is 11.4. The maximum atomic E-state index is 12.2. The number of hydrogen-bond acceptors (Lipinski definition) is 4. The third-order valence-corrected chi connectivity index (χ3v) is 5.54. The molecule has 0 aromatic heterocycles. The first-order valence-electron chi connectivity index (χ1n) is 7.09. The van der Waals surface area contributed by atoms with Gasteiger partial charge in [0.1, 0.15) is 0 Å². The second kappa shape index (κ2) is 10.2. The van der Waals surface area contributed by atoms with Crippen molar-refractivity contribution in [3.05, 3.63) is 0 Å². The Hall–Kier alpha value is -0.633. The molecule has 0 fully saturated rings. The zero-order valence-corrected chi connectivity index (χ0v) is 13.8. The van der Waals surface area contributed by atoms with Crippen LogP contribution in [-0.4, -0.2) is 52.5 Å². The fourth-order valence-electron chi connectivity index (χ4n) is 1.69. The lowest BCUT2D eigenvalue weighted by Gasteiger charge is -2.36. The molecule has 0 saturated carbocycles. The minimum absolute atomic E-state index is 0.189. The summed E-state index contributed by atoms with van der Waals surface area (Å²) in [6.07, 6.45) is 0.885. The van der Waals surface area contributed by atoms with Crippen molar-refractivity contribution in [2.45, 2.75) is 41.0 Å². The van der Waals surface area contributed by atoms with E-state index in [0.717, 1.165) is 6.42 Å². The van der Waals surface area contributed by atoms with E-state index in [1.807, 2.05) is 34.6 Å². The minimum Gasteiger partial charge on any atom is -0.357 e. The molecule has 0 radical (unpaired) electrons. The molecule has 0 aliphatic rings. The summed E-state index contributed by atoms with van der Waals surface area (Å²) < 4.78 is 18.7. The van der Waals surface area contributed by atoms with E-state index in [9.17, 15) is 4.79 Å². The van der Waals surface area contributed by atoms with Gasteiger partial charge >= 0.3 is 15.0 Å². The Morgan fingerprint density at radius 2 is 1.47 bits per heavy atom. The van der Waals surface area contributed by atoms with E-state index in [0.29, 0.717) is 32.9 Å². The molecule has 19 heavy (non-hydrogen) atoms. The summed E-state index contributed by atoms with van der Waals surface area (Å²) >= 11 is 0. The van der Waals surface area contributed by atoms with Crippen LogP contribution in [0.3, 0.4) is 0 Å². The molecule has 0 spiro atoms. The monoisotopic (exact) mass is 292 g/mol.